The van der Waals surface area contributed by atoms with Gasteiger partial charge in [-0.15, -0.1) is 0 Å². The summed E-state index contributed by atoms with van der Waals surface area (Å²) in [5.74, 6) is 0. The van der Waals surface area contributed by atoms with Crippen molar-refractivity contribution in [3.63, 3.8) is 0 Å². The monoisotopic (exact) mass is 164 g/mol. The van der Waals surface area contributed by atoms with Gasteiger partial charge in [-0.25, -0.2) is 0 Å². The highest BCUT2D eigenvalue weighted by atomic mass is 16.7. The summed E-state index contributed by atoms with van der Waals surface area (Å²) in [4.78, 5) is 0. The van der Waals surface area contributed by atoms with Crippen LogP contribution in [0.5, 0.6) is 0 Å². The van der Waals surface area contributed by atoms with E-state index in [1.807, 2.05) is 0 Å². The molecule has 0 bridgehead atoms. The molecule has 0 radical (unpaired) electrons. The van der Waals surface area contributed by atoms with Crippen LogP contribution >= 0.6 is 0 Å². The lowest BCUT2D eigenvalue weighted by Gasteiger charge is -2.11. The summed E-state index contributed by atoms with van der Waals surface area (Å²) < 4.78 is 9.59. The van der Waals surface area contributed by atoms with Crippen LogP contribution in [0.15, 0.2) is 0 Å². The van der Waals surface area contributed by atoms with E-state index in [0.717, 1.165) is 0 Å². The van der Waals surface area contributed by atoms with Crippen molar-refractivity contribution < 1.29 is 24.8 Å². The molecule has 1 aliphatic heterocycles. The number of hydrogen-bond donors (Lipinski definition) is 3. The first-order valence-electron chi connectivity index (χ1n) is 3.36. The summed E-state index contributed by atoms with van der Waals surface area (Å²) >= 11 is 0. The Kier molecular flexibility index (Phi) is 2.80. The van der Waals surface area contributed by atoms with E-state index in [1.54, 1.807) is 0 Å². The molecule has 0 amide bonds. The Morgan fingerprint density at radius 2 is 2.00 bits per heavy atom. The van der Waals surface area contributed by atoms with Crippen molar-refractivity contribution in [3.8, 4) is 0 Å². The third kappa shape index (κ3) is 1.52. The maximum Gasteiger partial charge on any atom is 0.186 e. The van der Waals surface area contributed by atoms with Gasteiger partial charge in [0.15, 0.2) is 6.29 Å². The first-order valence-corrected chi connectivity index (χ1v) is 3.36. The molecule has 0 aromatic heterocycles. The maximum atomic E-state index is 9.15. The van der Waals surface area contributed by atoms with Gasteiger partial charge in [0.2, 0.25) is 0 Å². The summed E-state index contributed by atoms with van der Waals surface area (Å²) in [6, 6.07) is 0. The average molecular weight is 164 g/mol. The molecule has 0 aliphatic carbocycles. The minimum atomic E-state index is -1.07. The zero-order valence-corrected chi connectivity index (χ0v) is 6.17. The summed E-state index contributed by atoms with van der Waals surface area (Å²) in [7, 11) is 1.36. The van der Waals surface area contributed by atoms with Crippen LogP contribution in [0.3, 0.4) is 0 Å². The third-order valence-electron chi connectivity index (χ3n) is 1.73. The van der Waals surface area contributed by atoms with Crippen molar-refractivity contribution >= 4 is 0 Å². The highest BCUT2D eigenvalue weighted by Gasteiger charge is 2.42. The summed E-state index contributed by atoms with van der Waals surface area (Å²) in [5.41, 5.74) is 0. The fourth-order valence-electron chi connectivity index (χ4n) is 1.06. The minimum Gasteiger partial charge on any atom is -0.394 e. The Morgan fingerprint density at radius 3 is 2.27 bits per heavy atom. The Bertz CT molecular complexity index is 110. The van der Waals surface area contributed by atoms with E-state index in [1.165, 1.54) is 7.11 Å². The lowest BCUT2D eigenvalue weighted by atomic mass is 10.1. The van der Waals surface area contributed by atoms with Crippen LogP contribution in [0.4, 0.5) is 0 Å². The van der Waals surface area contributed by atoms with Gasteiger partial charge in [0.1, 0.15) is 18.3 Å². The predicted octanol–water partition coefficient (Wildman–Crippen LogP) is -1.93. The van der Waals surface area contributed by atoms with Crippen LogP contribution in [0.2, 0.25) is 0 Å². The van der Waals surface area contributed by atoms with Gasteiger partial charge in [0.05, 0.1) is 6.61 Å². The van der Waals surface area contributed by atoms with Gasteiger partial charge in [-0.1, -0.05) is 0 Å². The fourth-order valence-corrected chi connectivity index (χ4v) is 1.06. The first kappa shape index (κ1) is 8.89. The van der Waals surface area contributed by atoms with Crippen molar-refractivity contribution in [1.82, 2.24) is 0 Å². The van der Waals surface area contributed by atoms with E-state index in [4.69, 9.17) is 20.1 Å². The summed E-state index contributed by atoms with van der Waals surface area (Å²) in [5, 5.41) is 26.9. The van der Waals surface area contributed by atoms with E-state index in [9.17, 15) is 0 Å². The second-order valence-electron chi connectivity index (χ2n) is 2.44. The Morgan fingerprint density at radius 1 is 1.36 bits per heavy atom. The summed E-state index contributed by atoms with van der Waals surface area (Å²) in [6.07, 6.45) is -3.71. The molecule has 2 unspecified atom stereocenters. The number of rotatable bonds is 2. The molecule has 1 aliphatic rings. The smallest absolute Gasteiger partial charge is 0.186 e. The number of hydrogen-bond acceptors (Lipinski definition) is 5. The van der Waals surface area contributed by atoms with Crippen molar-refractivity contribution in [2.75, 3.05) is 13.7 Å². The molecule has 4 atom stereocenters. The van der Waals surface area contributed by atoms with Crippen LogP contribution in [0.25, 0.3) is 0 Å². The molecular weight excluding hydrogens is 152 g/mol. The molecule has 0 spiro atoms. The molecule has 5 nitrogen and oxygen atoms in total. The van der Waals surface area contributed by atoms with Crippen molar-refractivity contribution in [2.24, 2.45) is 0 Å². The highest BCUT2D eigenvalue weighted by molar-refractivity contribution is 4.85. The van der Waals surface area contributed by atoms with Crippen molar-refractivity contribution in [2.45, 2.75) is 24.6 Å². The van der Waals surface area contributed by atoms with Gasteiger partial charge < -0.3 is 24.8 Å². The third-order valence-corrected chi connectivity index (χ3v) is 1.73. The topological polar surface area (TPSA) is 79.2 Å². The van der Waals surface area contributed by atoms with Gasteiger partial charge in [-0.2, -0.15) is 0 Å². The van der Waals surface area contributed by atoms with E-state index in [0.29, 0.717) is 0 Å². The molecule has 1 rings (SSSR count). The Hall–Kier alpha value is -0.200. The van der Waals surface area contributed by atoms with E-state index >= 15 is 0 Å². The minimum absolute atomic E-state index is 0.321. The molecule has 1 saturated heterocycles. The van der Waals surface area contributed by atoms with E-state index < -0.39 is 24.6 Å². The lowest BCUT2D eigenvalue weighted by Crippen LogP contribution is -2.34. The van der Waals surface area contributed by atoms with Gasteiger partial charge in [-0.05, 0) is 0 Å². The highest BCUT2D eigenvalue weighted by Crippen LogP contribution is 2.20. The molecular formula is C6H12O5. The number of aliphatic hydroxyl groups is 3. The first-order chi connectivity index (χ1) is 5.20. The fraction of sp³-hybridized carbons (Fsp3) is 1.00. The zero-order chi connectivity index (χ0) is 8.43. The van der Waals surface area contributed by atoms with Gasteiger partial charge in [-0.3, -0.25) is 0 Å². The largest absolute Gasteiger partial charge is 0.394 e. The predicted molar refractivity (Wildman–Crippen MR) is 34.8 cm³/mol. The quantitative estimate of drug-likeness (QED) is 0.443. The van der Waals surface area contributed by atoms with Crippen molar-refractivity contribution in [3.05, 3.63) is 0 Å². The van der Waals surface area contributed by atoms with Crippen molar-refractivity contribution in [1.29, 1.82) is 0 Å². The summed E-state index contributed by atoms with van der Waals surface area (Å²) in [6.45, 7) is -0.321. The van der Waals surface area contributed by atoms with E-state index in [-0.39, 0.29) is 6.61 Å². The number of ether oxygens (including phenoxy) is 2. The normalized spacial score (nSPS) is 44.7. The molecule has 66 valence electrons. The van der Waals surface area contributed by atoms with Crippen LogP contribution in [0, 0.1) is 0 Å². The van der Waals surface area contributed by atoms with Gasteiger partial charge in [0, 0.05) is 7.11 Å². The Labute approximate surface area is 64.2 Å². The number of methoxy groups -OCH3 is 1. The van der Waals surface area contributed by atoms with Gasteiger partial charge in [0.25, 0.3) is 0 Å². The SMILES string of the molecule is COC1O[C@H](CO)C(O)[C@@H]1O. The second kappa shape index (κ2) is 3.46. The molecule has 11 heavy (non-hydrogen) atoms. The lowest BCUT2D eigenvalue weighted by molar-refractivity contribution is -0.153. The maximum absolute atomic E-state index is 9.15. The number of aliphatic hydroxyl groups excluding tert-OH is 3. The standard InChI is InChI=1S/C6H12O5/c1-10-6-5(9)4(8)3(2-7)11-6/h3-9H,2H2,1H3/t3-,4?,5+,6?/m1/s1. The molecule has 0 aromatic carbocycles. The van der Waals surface area contributed by atoms with Crippen LogP contribution in [-0.2, 0) is 9.47 Å². The van der Waals surface area contributed by atoms with E-state index in [2.05, 4.69) is 4.74 Å². The molecule has 3 N–H and O–H groups in total. The van der Waals surface area contributed by atoms with Crippen LogP contribution in [-0.4, -0.2) is 53.6 Å². The zero-order valence-electron chi connectivity index (χ0n) is 6.17. The molecule has 5 heteroatoms. The molecule has 1 heterocycles. The van der Waals surface area contributed by atoms with Crippen LogP contribution < -0.4 is 0 Å². The molecule has 0 saturated carbocycles. The molecule has 1 fully saturated rings. The second-order valence-corrected chi connectivity index (χ2v) is 2.44. The molecule has 0 aromatic rings. The Balaban J connectivity index is 2.53. The van der Waals surface area contributed by atoms with Crippen LogP contribution in [0.1, 0.15) is 0 Å². The van der Waals surface area contributed by atoms with Gasteiger partial charge >= 0.3 is 0 Å². The average Bonchev–Trinajstić information content (AvgIpc) is 2.30.